The third kappa shape index (κ3) is 14.0. The summed E-state index contributed by atoms with van der Waals surface area (Å²) in [7, 11) is 0. The summed E-state index contributed by atoms with van der Waals surface area (Å²) >= 11 is 0. The molecule has 0 atom stereocenters. The Labute approximate surface area is 264 Å². The highest BCUT2D eigenvalue weighted by atomic mass is 16.5. The van der Waals surface area contributed by atoms with Crippen LogP contribution < -0.4 is 0 Å². The van der Waals surface area contributed by atoms with Gasteiger partial charge in [0, 0.05) is 18.4 Å². The Morgan fingerprint density at radius 2 is 1.21 bits per heavy atom. The summed E-state index contributed by atoms with van der Waals surface area (Å²) in [6, 6.07) is 0. The van der Waals surface area contributed by atoms with Gasteiger partial charge in [0.05, 0.1) is 12.0 Å². The van der Waals surface area contributed by atoms with Crippen molar-refractivity contribution in [1.82, 2.24) is 0 Å². The Bertz CT molecular complexity index is 813. The summed E-state index contributed by atoms with van der Waals surface area (Å²) in [5.41, 5.74) is 0. The van der Waals surface area contributed by atoms with Crippen LogP contribution in [0.15, 0.2) is 0 Å². The van der Waals surface area contributed by atoms with Crippen molar-refractivity contribution in [2.75, 3.05) is 6.61 Å². The highest BCUT2D eigenvalue weighted by Crippen LogP contribution is 2.41. The fourth-order valence-corrected chi connectivity index (χ4v) is 7.70. The van der Waals surface area contributed by atoms with E-state index >= 15 is 0 Å². The summed E-state index contributed by atoms with van der Waals surface area (Å²) in [5.74, 6) is 7.49. The van der Waals surface area contributed by atoms with Crippen LogP contribution in [0.4, 0.5) is 0 Å². The zero-order valence-corrected chi connectivity index (χ0v) is 28.1. The van der Waals surface area contributed by atoms with Gasteiger partial charge in [-0.15, -0.1) is 0 Å². The van der Waals surface area contributed by atoms with Crippen molar-refractivity contribution < 1.29 is 23.8 Å². The van der Waals surface area contributed by atoms with E-state index in [-0.39, 0.29) is 30.1 Å². The van der Waals surface area contributed by atoms with Gasteiger partial charge in [0.2, 0.25) is 0 Å². The van der Waals surface area contributed by atoms with Crippen molar-refractivity contribution in [3.05, 3.63) is 0 Å². The summed E-state index contributed by atoms with van der Waals surface area (Å²) in [4.78, 5) is 25.2. The second-order valence-electron chi connectivity index (χ2n) is 13.9. The monoisotopic (exact) mass is 600 g/mol. The predicted molar refractivity (Wildman–Crippen MR) is 174 cm³/mol. The van der Waals surface area contributed by atoms with Crippen LogP contribution in [0.2, 0.25) is 0 Å². The Balaban J connectivity index is 1.24. The molecule has 0 heterocycles. The lowest BCUT2D eigenvalue weighted by Crippen LogP contribution is -2.32. The van der Waals surface area contributed by atoms with Gasteiger partial charge in [0.25, 0.3) is 0 Å². The molecule has 3 rings (SSSR count). The quantitative estimate of drug-likeness (QED) is 0.0720. The fraction of sp³-hybridized carbons (Fsp3) is 0.895. The summed E-state index contributed by atoms with van der Waals surface area (Å²) in [6.45, 7) is 7.46. The van der Waals surface area contributed by atoms with E-state index in [0.717, 1.165) is 109 Å². The van der Waals surface area contributed by atoms with Crippen LogP contribution in [-0.2, 0) is 23.8 Å². The topological polar surface area (TPSA) is 61.8 Å². The standard InChI is InChI=1S/C38H64O5/c1-4-7-8-9-10-11-12-29-41-34-24-15-30(16-25-34)17-28-37(39)42-36-26-22-32(23-27-36)31-18-20-33(21-19-31)38(40)43-35(13-5-2)14-6-3/h30-36H,4-16,18-27,29H2,1-3H3. The molecule has 5 heteroatoms. The second-order valence-corrected chi connectivity index (χ2v) is 13.9. The molecule has 0 amide bonds. The smallest absolute Gasteiger partial charge is 0.384 e. The van der Waals surface area contributed by atoms with Gasteiger partial charge >= 0.3 is 11.9 Å². The molecule has 0 aromatic heterocycles. The maximum atomic E-state index is 12.8. The summed E-state index contributed by atoms with van der Waals surface area (Å²) in [5, 5.41) is 0. The van der Waals surface area contributed by atoms with E-state index in [4.69, 9.17) is 14.2 Å². The zero-order chi connectivity index (χ0) is 30.7. The molecule has 3 fully saturated rings. The molecule has 0 saturated heterocycles. The number of esters is 2. The normalized spacial score (nSPS) is 27.7. The lowest BCUT2D eigenvalue weighted by molar-refractivity contribution is -0.156. The van der Waals surface area contributed by atoms with Crippen molar-refractivity contribution >= 4 is 11.9 Å². The van der Waals surface area contributed by atoms with Crippen molar-refractivity contribution in [3.8, 4) is 11.8 Å². The van der Waals surface area contributed by atoms with E-state index < -0.39 is 0 Å². The van der Waals surface area contributed by atoms with Crippen molar-refractivity contribution in [2.24, 2.45) is 23.7 Å². The van der Waals surface area contributed by atoms with Gasteiger partial charge in [-0.05, 0) is 108 Å². The fourth-order valence-electron chi connectivity index (χ4n) is 7.70. The first-order chi connectivity index (χ1) is 21.0. The number of rotatable bonds is 17. The maximum Gasteiger partial charge on any atom is 0.384 e. The maximum absolute atomic E-state index is 12.8. The van der Waals surface area contributed by atoms with Gasteiger partial charge in [-0.3, -0.25) is 4.79 Å². The average molecular weight is 601 g/mol. The van der Waals surface area contributed by atoms with E-state index in [1.165, 1.54) is 44.9 Å². The van der Waals surface area contributed by atoms with Crippen LogP contribution in [0.3, 0.4) is 0 Å². The SMILES string of the molecule is CCCCCCCCCOC1CCC(C#CC(=O)OC2CCC(C3CCC(C(=O)OC(CCC)CCC)CC3)CC2)CC1. The summed E-state index contributed by atoms with van der Waals surface area (Å²) in [6.07, 6.45) is 26.2. The van der Waals surface area contributed by atoms with E-state index in [9.17, 15) is 9.59 Å². The van der Waals surface area contributed by atoms with Crippen LogP contribution in [0.25, 0.3) is 0 Å². The molecule has 3 aliphatic carbocycles. The molecule has 0 radical (unpaired) electrons. The first-order valence-corrected chi connectivity index (χ1v) is 18.6. The van der Waals surface area contributed by atoms with Crippen LogP contribution in [0.1, 0.15) is 168 Å². The number of carbonyl (C=O) groups is 2. The van der Waals surface area contributed by atoms with E-state index in [2.05, 4.69) is 32.6 Å². The highest BCUT2D eigenvalue weighted by molar-refractivity contribution is 5.88. The minimum Gasteiger partial charge on any atom is -0.462 e. The van der Waals surface area contributed by atoms with E-state index in [0.29, 0.717) is 23.9 Å². The molecular weight excluding hydrogens is 536 g/mol. The van der Waals surface area contributed by atoms with Crippen molar-refractivity contribution in [3.63, 3.8) is 0 Å². The predicted octanol–water partition coefficient (Wildman–Crippen LogP) is 9.74. The average Bonchev–Trinajstić information content (AvgIpc) is 3.02. The van der Waals surface area contributed by atoms with Gasteiger partial charge in [-0.25, -0.2) is 4.79 Å². The molecular formula is C38H64O5. The number of hydrogen-bond donors (Lipinski definition) is 0. The first kappa shape index (κ1) is 35.9. The first-order valence-electron chi connectivity index (χ1n) is 18.6. The lowest BCUT2D eigenvalue weighted by Gasteiger charge is -2.37. The number of unbranched alkanes of at least 4 members (excludes halogenated alkanes) is 6. The third-order valence-electron chi connectivity index (χ3n) is 10.4. The van der Waals surface area contributed by atoms with E-state index in [1.807, 2.05) is 0 Å². The molecule has 5 nitrogen and oxygen atoms in total. The molecule has 0 spiro atoms. The molecule has 246 valence electrons. The molecule has 3 saturated carbocycles. The molecule has 3 aliphatic rings. The van der Waals surface area contributed by atoms with Gasteiger partial charge < -0.3 is 14.2 Å². The van der Waals surface area contributed by atoms with Crippen LogP contribution >= 0.6 is 0 Å². The second kappa shape index (κ2) is 21.2. The number of hydrogen-bond acceptors (Lipinski definition) is 5. The van der Waals surface area contributed by atoms with E-state index in [1.54, 1.807) is 0 Å². The Morgan fingerprint density at radius 1 is 0.651 bits per heavy atom. The largest absolute Gasteiger partial charge is 0.462 e. The van der Waals surface area contributed by atoms with Gasteiger partial charge in [-0.2, -0.15) is 0 Å². The molecule has 0 unspecified atom stereocenters. The molecule has 0 aromatic rings. The molecule has 0 N–H and O–H groups in total. The van der Waals surface area contributed by atoms with Gasteiger partial charge in [0.15, 0.2) is 0 Å². The lowest BCUT2D eigenvalue weighted by atomic mass is 9.70. The molecule has 0 aliphatic heterocycles. The van der Waals surface area contributed by atoms with Gasteiger partial charge in [0.1, 0.15) is 12.2 Å². The number of ether oxygens (including phenoxy) is 3. The van der Waals surface area contributed by atoms with Crippen molar-refractivity contribution in [2.45, 2.75) is 187 Å². The molecule has 43 heavy (non-hydrogen) atoms. The molecule has 0 bridgehead atoms. The minimum absolute atomic E-state index is 0.00853. The Kier molecular flexibility index (Phi) is 17.8. The van der Waals surface area contributed by atoms with Crippen LogP contribution in [0, 0.1) is 35.5 Å². The Morgan fingerprint density at radius 3 is 1.81 bits per heavy atom. The van der Waals surface area contributed by atoms with Gasteiger partial charge in [-0.1, -0.05) is 78.1 Å². The summed E-state index contributed by atoms with van der Waals surface area (Å²) < 4.78 is 17.8. The van der Waals surface area contributed by atoms with Crippen molar-refractivity contribution in [1.29, 1.82) is 0 Å². The van der Waals surface area contributed by atoms with Crippen LogP contribution in [-0.4, -0.2) is 36.9 Å². The Hall–Kier alpha value is -1.54. The number of carbonyl (C=O) groups excluding carboxylic acids is 2. The highest BCUT2D eigenvalue weighted by Gasteiger charge is 2.34. The minimum atomic E-state index is -0.343. The molecule has 0 aromatic carbocycles. The third-order valence-corrected chi connectivity index (χ3v) is 10.4. The van der Waals surface area contributed by atoms with Crippen LogP contribution in [0.5, 0.6) is 0 Å². The zero-order valence-electron chi connectivity index (χ0n) is 28.1.